The zero-order valence-electron chi connectivity index (χ0n) is 8.60. The molecule has 0 saturated heterocycles. The molecule has 1 amide bonds. The Morgan fingerprint density at radius 2 is 2.12 bits per heavy atom. The van der Waals surface area contributed by atoms with E-state index in [-0.39, 0.29) is 5.91 Å². The van der Waals surface area contributed by atoms with Gasteiger partial charge in [-0.3, -0.25) is 14.7 Å². The van der Waals surface area contributed by atoms with Crippen LogP contribution >= 0.6 is 12.2 Å². The van der Waals surface area contributed by atoms with Gasteiger partial charge in [0.15, 0.2) is 0 Å². The summed E-state index contributed by atoms with van der Waals surface area (Å²) in [4.78, 5) is 11.0. The molecule has 2 N–H and O–H groups in total. The van der Waals surface area contributed by atoms with Crippen LogP contribution in [0.3, 0.4) is 0 Å². The van der Waals surface area contributed by atoms with Crippen molar-refractivity contribution in [2.75, 3.05) is 5.32 Å². The van der Waals surface area contributed by atoms with Gasteiger partial charge in [-0.1, -0.05) is 18.2 Å². The summed E-state index contributed by atoms with van der Waals surface area (Å²) in [6, 6.07) is 9.46. The second-order valence-electron chi connectivity index (χ2n) is 3.20. The van der Waals surface area contributed by atoms with Crippen LogP contribution in [0.15, 0.2) is 30.3 Å². The number of amides is 1. The molecule has 16 heavy (non-hydrogen) atoms. The maximum absolute atomic E-state index is 11.0. The molecule has 0 unspecified atom stereocenters. The number of hydrogen-bond acceptors (Lipinski definition) is 3. The second-order valence-corrected chi connectivity index (χ2v) is 3.59. The fourth-order valence-electron chi connectivity index (χ4n) is 1.35. The predicted octanol–water partition coefficient (Wildman–Crippen LogP) is 1.89. The van der Waals surface area contributed by atoms with Crippen molar-refractivity contribution in [3.05, 3.63) is 35.1 Å². The van der Waals surface area contributed by atoms with E-state index in [9.17, 15) is 4.79 Å². The van der Waals surface area contributed by atoms with E-state index in [1.54, 1.807) is 4.57 Å². The van der Waals surface area contributed by atoms with Crippen molar-refractivity contribution in [1.29, 1.82) is 0 Å². The topological polar surface area (TPSA) is 62.7 Å². The maximum Gasteiger partial charge on any atom is 0.234 e. The molecule has 82 valence electrons. The Kier molecular flexibility index (Phi) is 2.82. The highest BCUT2D eigenvalue weighted by Crippen LogP contribution is 2.13. The lowest BCUT2D eigenvalue weighted by Gasteiger charge is -2.05. The summed E-state index contributed by atoms with van der Waals surface area (Å²) >= 11 is 5.10. The number of carbonyl (C=O) groups excluding carboxylic acids is 1. The Labute approximate surface area is 97.1 Å². The van der Waals surface area contributed by atoms with E-state index in [1.165, 1.54) is 6.92 Å². The summed E-state index contributed by atoms with van der Waals surface area (Å²) in [5.74, 6) is 0.204. The number of nitrogens with one attached hydrogen (secondary N) is 2. The normalized spacial score (nSPS) is 10.1. The van der Waals surface area contributed by atoms with Crippen molar-refractivity contribution in [3.63, 3.8) is 0 Å². The Balaban J connectivity index is 2.52. The Morgan fingerprint density at radius 1 is 1.44 bits per heavy atom. The van der Waals surface area contributed by atoms with E-state index in [2.05, 4.69) is 15.5 Å². The molecule has 1 aromatic heterocycles. The molecule has 0 fully saturated rings. The molecule has 0 spiro atoms. The van der Waals surface area contributed by atoms with Crippen molar-refractivity contribution in [1.82, 2.24) is 14.8 Å². The van der Waals surface area contributed by atoms with Gasteiger partial charge in [0.1, 0.15) is 0 Å². The first-order valence-electron chi connectivity index (χ1n) is 4.69. The van der Waals surface area contributed by atoms with Gasteiger partial charge in [-0.25, -0.2) is 5.10 Å². The number of rotatable bonds is 2. The fourth-order valence-corrected chi connectivity index (χ4v) is 1.59. The molecule has 2 rings (SSSR count). The number of hydrogen-bond donors (Lipinski definition) is 2. The Morgan fingerprint density at radius 3 is 2.75 bits per heavy atom. The molecular formula is C10H10N4OS. The van der Waals surface area contributed by atoms with Crippen LogP contribution in [0.2, 0.25) is 0 Å². The average molecular weight is 234 g/mol. The SMILES string of the molecule is CC(=O)Nc1n[nH]c(=S)n1-c1ccccc1. The highest BCUT2D eigenvalue weighted by Gasteiger charge is 2.08. The van der Waals surface area contributed by atoms with E-state index in [1.807, 2.05) is 30.3 Å². The first kappa shape index (κ1) is 10.6. The number of carbonyl (C=O) groups is 1. The second kappa shape index (κ2) is 4.28. The third-order valence-electron chi connectivity index (χ3n) is 1.97. The van der Waals surface area contributed by atoms with Gasteiger partial charge in [0.2, 0.25) is 16.6 Å². The summed E-state index contributed by atoms with van der Waals surface area (Å²) in [5, 5.41) is 9.20. The van der Waals surface area contributed by atoms with Gasteiger partial charge in [-0.05, 0) is 24.4 Å². The summed E-state index contributed by atoms with van der Waals surface area (Å²) in [5.41, 5.74) is 0.852. The molecule has 6 heteroatoms. The van der Waals surface area contributed by atoms with Gasteiger partial charge in [0.25, 0.3) is 0 Å². The highest BCUT2D eigenvalue weighted by atomic mass is 32.1. The Bertz CT molecular complexity index is 558. The molecule has 0 aliphatic carbocycles. The lowest BCUT2D eigenvalue weighted by Crippen LogP contribution is -2.11. The third kappa shape index (κ3) is 2.01. The first-order chi connectivity index (χ1) is 7.68. The standard InChI is InChI=1S/C10H10N4OS/c1-7(15)11-9-12-13-10(16)14(9)8-5-3-2-4-6-8/h2-6H,1H3,(H,13,16)(H,11,12,15). The van der Waals surface area contributed by atoms with E-state index < -0.39 is 0 Å². The molecule has 0 aliphatic rings. The van der Waals surface area contributed by atoms with Crippen LogP contribution in [0.4, 0.5) is 5.95 Å². The van der Waals surface area contributed by atoms with Crippen LogP contribution in [-0.2, 0) is 4.79 Å². The van der Waals surface area contributed by atoms with E-state index in [0.717, 1.165) is 5.69 Å². The molecule has 1 aromatic carbocycles. The molecule has 2 aromatic rings. The number of aromatic nitrogens is 3. The molecule has 0 radical (unpaired) electrons. The molecule has 0 saturated carbocycles. The number of nitrogens with zero attached hydrogens (tertiary/aromatic N) is 2. The minimum absolute atomic E-state index is 0.189. The molecule has 0 atom stereocenters. The zero-order chi connectivity index (χ0) is 11.5. The minimum atomic E-state index is -0.189. The number of benzene rings is 1. The van der Waals surface area contributed by atoms with Crippen molar-refractivity contribution < 1.29 is 4.79 Å². The summed E-state index contributed by atoms with van der Waals surface area (Å²) < 4.78 is 2.10. The first-order valence-corrected chi connectivity index (χ1v) is 5.10. The van der Waals surface area contributed by atoms with Crippen molar-refractivity contribution in [2.45, 2.75) is 6.92 Å². The summed E-state index contributed by atoms with van der Waals surface area (Å²) in [6.45, 7) is 1.42. The molecule has 1 heterocycles. The lowest BCUT2D eigenvalue weighted by atomic mass is 10.3. The number of aromatic amines is 1. The van der Waals surface area contributed by atoms with Crippen molar-refractivity contribution in [2.24, 2.45) is 0 Å². The maximum atomic E-state index is 11.0. The minimum Gasteiger partial charge on any atom is -0.295 e. The zero-order valence-corrected chi connectivity index (χ0v) is 9.41. The number of anilines is 1. The van der Waals surface area contributed by atoms with Gasteiger partial charge in [-0.15, -0.1) is 5.10 Å². The number of para-hydroxylation sites is 1. The fraction of sp³-hybridized carbons (Fsp3) is 0.100. The van der Waals surface area contributed by atoms with Gasteiger partial charge in [0, 0.05) is 6.92 Å². The molecular weight excluding hydrogens is 224 g/mol. The van der Waals surface area contributed by atoms with E-state index in [4.69, 9.17) is 12.2 Å². The highest BCUT2D eigenvalue weighted by molar-refractivity contribution is 7.71. The quantitative estimate of drug-likeness (QED) is 0.780. The molecule has 0 aliphatic heterocycles. The van der Waals surface area contributed by atoms with Gasteiger partial charge < -0.3 is 0 Å². The van der Waals surface area contributed by atoms with E-state index in [0.29, 0.717) is 10.7 Å². The summed E-state index contributed by atoms with van der Waals surface area (Å²) in [7, 11) is 0. The van der Waals surface area contributed by atoms with Crippen LogP contribution in [0, 0.1) is 4.77 Å². The molecule has 0 bridgehead atoms. The molecule has 5 nitrogen and oxygen atoms in total. The van der Waals surface area contributed by atoms with Gasteiger partial charge >= 0.3 is 0 Å². The van der Waals surface area contributed by atoms with Gasteiger partial charge in [-0.2, -0.15) is 0 Å². The third-order valence-corrected chi connectivity index (χ3v) is 2.25. The van der Waals surface area contributed by atoms with Crippen molar-refractivity contribution in [3.8, 4) is 5.69 Å². The Hall–Kier alpha value is -1.95. The number of H-pyrrole nitrogens is 1. The predicted molar refractivity (Wildman–Crippen MR) is 63.1 cm³/mol. The van der Waals surface area contributed by atoms with Gasteiger partial charge in [0.05, 0.1) is 5.69 Å². The lowest BCUT2D eigenvalue weighted by molar-refractivity contribution is -0.114. The summed E-state index contributed by atoms with van der Waals surface area (Å²) in [6.07, 6.45) is 0. The monoisotopic (exact) mass is 234 g/mol. The van der Waals surface area contributed by atoms with E-state index >= 15 is 0 Å². The average Bonchev–Trinajstić information content (AvgIpc) is 2.60. The van der Waals surface area contributed by atoms with Crippen molar-refractivity contribution >= 4 is 24.1 Å². The van der Waals surface area contributed by atoms with Crippen LogP contribution in [0.5, 0.6) is 0 Å². The van der Waals surface area contributed by atoms with Crippen LogP contribution in [0.1, 0.15) is 6.92 Å². The largest absolute Gasteiger partial charge is 0.295 e. The van der Waals surface area contributed by atoms with Crippen LogP contribution in [-0.4, -0.2) is 20.7 Å². The van der Waals surface area contributed by atoms with Crippen LogP contribution < -0.4 is 5.32 Å². The smallest absolute Gasteiger partial charge is 0.234 e. The van der Waals surface area contributed by atoms with Crippen LogP contribution in [0.25, 0.3) is 5.69 Å².